The number of aromatic nitrogens is 2. The van der Waals surface area contributed by atoms with Crippen LogP contribution in [0.3, 0.4) is 0 Å². The minimum Gasteiger partial charge on any atom is -0.375 e. The molecule has 0 aliphatic rings. The molecule has 3 aromatic rings. The van der Waals surface area contributed by atoms with Crippen molar-refractivity contribution in [3.8, 4) is 0 Å². The summed E-state index contributed by atoms with van der Waals surface area (Å²) < 4.78 is 2.07. The molecule has 2 aromatic heterocycles. The summed E-state index contributed by atoms with van der Waals surface area (Å²) in [5.41, 5.74) is 2.38. The smallest absolute Gasteiger partial charge is 0.193 e. The highest BCUT2D eigenvalue weighted by Crippen LogP contribution is 2.12. The van der Waals surface area contributed by atoms with Gasteiger partial charge in [-0.05, 0) is 25.1 Å². The average Bonchev–Trinajstić information content (AvgIpc) is 3.09. The molecule has 2 heterocycles. The molecule has 0 fully saturated rings. The van der Waals surface area contributed by atoms with Gasteiger partial charge in [-0.3, -0.25) is 4.40 Å². The van der Waals surface area contributed by atoms with Gasteiger partial charge in [-0.2, -0.15) is 0 Å². The molecule has 0 atom stereocenters. The minimum atomic E-state index is 0.837. The Kier molecular flexibility index (Phi) is 4.52. The standard InChI is InChI=1S/C16H20N4S/c1-19(15-6-3-2-4-7-15)9-5-8-17-12-14-13-20-10-11-21-16(20)18-14/h2-4,6-7,10-11,13,17H,5,8-9,12H2,1H3. The summed E-state index contributed by atoms with van der Waals surface area (Å²) in [5.74, 6) is 0. The van der Waals surface area contributed by atoms with Gasteiger partial charge in [-0.15, -0.1) is 11.3 Å². The van der Waals surface area contributed by atoms with Crippen LogP contribution in [0.5, 0.6) is 0 Å². The Morgan fingerprint density at radius 2 is 2.14 bits per heavy atom. The van der Waals surface area contributed by atoms with Crippen LogP contribution in [0.25, 0.3) is 4.96 Å². The maximum Gasteiger partial charge on any atom is 0.193 e. The summed E-state index contributed by atoms with van der Waals surface area (Å²) in [5, 5.41) is 5.52. The van der Waals surface area contributed by atoms with E-state index in [1.54, 1.807) is 11.3 Å². The Morgan fingerprint density at radius 1 is 1.29 bits per heavy atom. The molecule has 5 heteroatoms. The van der Waals surface area contributed by atoms with Crippen LogP contribution in [0, 0.1) is 0 Å². The van der Waals surface area contributed by atoms with Gasteiger partial charge in [-0.1, -0.05) is 18.2 Å². The van der Waals surface area contributed by atoms with Crippen LogP contribution in [0.1, 0.15) is 12.1 Å². The molecule has 1 N–H and O–H groups in total. The number of thiazole rings is 1. The summed E-state index contributed by atoms with van der Waals surface area (Å²) >= 11 is 1.67. The molecule has 0 radical (unpaired) electrons. The lowest BCUT2D eigenvalue weighted by Gasteiger charge is -2.19. The molecule has 0 saturated heterocycles. The van der Waals surface area contributed by atoms with Gasteiger partial charge in [0.15, 0.2) is 4.96 Å². The zero-order chi connectivity index (χ0) is 14.5. The number of rotatable bonds is 7. The molecule has 0 aliphatic carbocycles. The van der Waals surface area contributed by atoms with Crippen LogP contribution in [-0.2, 0) is 6.54 Å². The van der Waals surface area contributed by atoms with E-state index >= 15 is 0 Å². The van der Waals surface area contributed by atoms with Gasteiger partial charge >= 0.3 is 0 Å². The lowest BCUT2D eigenvalue weighted by molar-refractivity contribution is 0.639. The normalized spacial score (nSPS) is 11.1. The molecule has 21 heavy (non-hydrogen) atoms. The number of hydrogen-bond donors (Lipinski definition) is 1. The quantitative estimate of drug-likeness (QED) is 0.681. The molecule has 110 valence electrons. The molecule has 3 rings (SSSR count). The number of imidazole rings is 1. The van der Waals surface area contributed by atoms with Crippen LogP contribution >= 0.6 is 11.3 Å². The Morgan fingerprint density at radius 3 is 2.95 bits per heavy atom. The fourth-order valence-electron chi connectivity index (χ4n) is 2.33. The van der Waals surface area contributed by atoms with E-state index < -0.39 is 0 Å². The zero-order valence-electron chi connectivity index (χ0n) is 12.2. The lowest BCUT2D eigenvalue weighted by atomic mass is 10.3. The summed E-state index contributed by atoms with van der Waals surface area (Å²) in [6.45, 7) is 2.89. The fourth-order valence-corrected chi connectivity index (χ4v) is 3.05. The van der Waals surface area contributed by atoms with E-state index in [1.807, 2.05) is 6.20 Å². The second-order valence-corrected chi connectivity index (χ2v) is 5.99. The molecule has 0 amide bonds. The van der Waals surface area contributed by atoms with Gasteiger partial charge in [0.2, 0.25) is 0 Å². The second kappa shape index (κ2) is 6.74. The summed E-state index contributed by atoms with van der Waals surface area (Å²) in [7, 11) is 2.14. The third-order valence-electron chi connectivity index (χ3n) is 3.49. The number of nitrogens with zero attached hydrogens (tertiary/aromatic N) is 3. The van der Waals surface area contributed by atoms with Gasteiger partial charge in [0.1, 0.15) is 0 Å². The monoisotopic (exact) mass is 300 g/mol. The first-order valence-electron chi connectivity index (χ1n) is 7.21. The maximum absolute atomic E-state index is 4.56. The number of benzene rings is 1. The summed E-state index contributed by atoms with van der Waals surface area (Å²) in [6, 6.07) is 10.5. The van der Waals surface area contributed by atoms with Crippen molar-refractivity contribution >= 4 is 22.0 Å². The fraction of sp³-hybridized carbons (Fsp3) is 0.312. The zero-order valence-corrected chi connectivity index (χ0v) is 13.0. The van der Waals surface area contributed by atoms with Crippen molar-refractivity contribution < 1.29 is 0 Å². The van der Waals surface area contributed by atoms with Crippen molar-refractivity contribution in [2.24, 2.45) is 0 Å². The minimum absolute atomic E-state index is 0.837. The van der Waals surface area contributed by atoms with Crippen molar-refractivity contribution in [3.63, 3.8) is 0 Å². The van der Waals surface area contributed by atoms with Crippen LogP contribution in [0.4, 0.5) is 5.69 Å². The van der Waals surface area contributed by atoms with Gasteiger partial charge in [0.25, 0.3) is 0 Å². The first-order valence-corrected chi connectivity index (χ1v) is 8.09. The predicted molar refractivity (Wildman–Crippen MR) is 89.1 cm³/mol. The molecule has 0 saturated carbocycles. The van der Waals surface area contributed by atoms with Gasteiger partial charge in [-0.25, -0.2) is 4.98 Å². The van der Waals surface area contributed by atoms with Gasteiger partial charge in [0.05, 0.1) is 5.69 Å². The highest BCUT2D eigenvalue weighted by molar-refractivity contribution is 7.15. The largest absolute Gasteiger partial charge is 0.375 e. The molecule has 0 bridgehead atoms. The van der Waals surface area contributed by atoms with E-state index in [-0.39, 0.29) is 0 Å². The van der Waals surface area contributed by atoms with Crippen molar-refractivity contribution in [1.29, 1.82) is 0 Å². The molecular formula is C16H20N4S. The molecule has 0 spiro atoms. The first-order chi connectivity index (χ1) is 10.3. The highest BCUT2D eigenvalue weighted by atomic mass is 32.1. The van der Waals surface area contributed by atoms with Crippen LogP contribution in [0.2, 0.25) is 0 Å². The first kappa shape index (κ1) is 14.1. The topological polar surface area (TPSA) is 32.6 Å². The number of nitrogens with one attached hydrogen (secondary N) is 1. The Hall–Kier alpha value is -1.85. The summed E-state index contributed by atoms with van der Waals surface area (Å²) in [4.78, 5) is 7.91. The average molecular weight is 300 g/mol. The SMILES string of the molecule is CN(CCCNCc1cn2ccsc2n1)c1ccccc1. The van der Waals surface area contributed by atoms with Crippen LogP contribution < -0.4 is 10.2 Å². The molecule has 0 unspecified atom stereocenters. The van der Waals surface area contributed by atoms with Crippen LogP contribution in [-0.4, -0.2) is 29.5 Å². The Balaban J connectivity index is 1.37. The Bertz CT molecular complexity index is 645. The molecule has 0 aliphatic heterocycles. The number of fused-ring (bicyclic) bond motifs is 1. The van der Waals surface area contributed by atoms with Gasteiger partial charge in [0, 0.05) is 43.6 Å². The number of anilines is 1. The number of hydrogen-bond acceptors (Lipinski definition) is 4. The summed E-state index contributed by atoms with van der Waals surface area (Å²) in [6.07, 6.45) is 5.26. The van der Waals surface area contributed by atoms with E-state index in [4.69, 9.17) is 0 Å². The van der Waals surface area contributed by atoms with E-state index in [2.05, 4.69) is 68.6 Å². The van der Waals surface area contributed by atoms with Crippen molar-refractivity contribution in [2.45, 2.75) is 13.0 Å². The molecule has 1 aromatic carbocycles. The predicted octanol–water partition coefficient (Wildman–Crippen LogP) is 3.01. The third kappa shape index (κ3) is 3.62. The highest BCUT2D eigenvalue weighted by Gasteiger charge is 2.02. The maximum atomic E-state index is 4.56. The van der Waals surface area contributed by atoms with E-state index in [0.717, 1.165) is 36.7 Å². The Labute approximate surface area is 129 Å². The molecule has 4 nitrogen and oxygen atoms in total. The van der Waals surface area contributed by atoms with E-state index in [1.165, 1.54) is 5.69 Å². The van der Waals surface area contributed by atoms with E-state index in [9.17, 15) is 0 Å². The third-order valence-corrected chi connectivity index (χ3v) is 4.26. The lowest BCUT2D eigenvalue weighted by Crippen LogP contribution is -2.23. The van der Waals surface area contributed by atoms with Gasteiger partial charge < -0.3 is 10.2 Å². The second-order valence-electron chi connectivity index (χ2n) is 5.11. The molecular weight excluding hydrogens is 280 g/mol. The van der Waals surface area contributed by atoms with E-state index in [0.29, 0.717) is 0 Å². The number of para-hydroxylation sites is 1. The van der Waals surface area contributed by atoms with Crippen LogP contribution in [0.15, 0.2) is 48.1 Å². The van der Waals surface area contributed by atoms with Crippen molar-refractivity contribution in [2.75, 3.05) is 25.0 Å². The van der Waals surface area contributed by atoms with Crippen molar-refractivity contribution in [1.82, 2.24) is 14.7 Å². The van der Waals surface area contributed by atoms with Crippen molar-refractivity contribution in [3.05, 3.63) is 53.8 Å².